The number of nitrogens with zero attached hydrogens (tertiary/aromatic N) is 1. The third-order valence-electron chi connectivity index (χ3n) is 4.23. The number of rotatable bonds is 8. The van der Waals surface area contributed by atoms with Gasteiger partial charge in [-0.1, -0.05) is 48.5 Å². The first-order valence-corrected chi connectivity index (χ1v) is 11.3. The summed E-state index contributed by atoms with van der Waals surface area (Å²) >= 11 is 0.967. The molecule has 7 nitrogen and oxygen atoms in total. The number of carbonyl (C=O) groups is 2. The van der Waals surface area contributed by atoms with Gasteiger partial charge < -0.3 is 10.1 Å². The summed E-state index contributed by atoms with van der Waals surface area (Å²) in [5.74, 6) is -1.22. The normalized spacial score (nSPS) is 11.0. The summed E-state index contributed by atoms with van der Waals surface area (Å²) in [6.45, 7) is -0.163. The van der Waals surface area contributed by atoms with E-state index in [0.29, 0.717) is 5.69 Å². The zero-order chi connectivity index (χ0) is 21.6. The van der Waals surface area contributed by atoms with Crippen molar-refractivity contribution in [2.75, 3.05) is 18.0 Å². The minimum Gasteiger partial charge on any atom is -0.465 e. The molecule has 1 aromatic heterocycles. The Morgan fingerprint density at radius 3 is 2.27 bits per heavy atom. The molecule has 3 rings (SSSR count). The summed E-state index contributed by atoms with van der Waals surface area (Å²) in [7, 11) is -3.01. The van der Waals surface area contributed by atoms with Gasteiger partial charge in [-0.05, 0) is 29.1 Å². The molecule has 0 saturated carbocycles. The molecule has 0 saturated heterocycles. The Bertz CT molecular complexity index is 1110. The molecule has 0 fully saturated rings. The zero-order valence-corrected chi connectivity index (χ0v) is 17.8. The number of methoxy groups -OCH3 is 1. The molecule has 0 aliphatic heterocycles. The summed E-state index contributed by atoms with van der Waals surface area (Å²) in [5, 5.41) is 4.23. The van der Waals surface area contributed by atoms with Crippen LogP contribution >= 0.6 is 11.3 Å². The fourth-order valence-electron chi connectivity index (χ4n) is 2.75. The van der Waals surface area contributed by atoms with E-state index in [1.54, 1.807) is 30.3 Å². The maximum absolute atomic E-state index is 13.4. The monoisotopic (exact) mass is 444 g/mol. The lowest BCUT2D eigenvalue weighted by atomic mass is 10.2. The first kappa shape index (κ1) is 21.5. The molecule has 0 spiro atoms. The molecule has 3 aromatic rings. The molecule has 1 N–H and O–H groups in total. The summed E-state index contributed by atoms with van der Waals surface area (Å²) in [5.41, 5.74) is 1.21. The van der Waals surface area contributed by atoms with E-state index in [4.69, 9.17) is 4.74 Å². The number of amides is 1. The number of esters is 1. The van der Waals surface area contributed by atoms with Crippen LogP contribution < -0.4 is 9.62 Å². The number of ether oxygens (including phenoxy) is 1. The van der Waals surface area contributed by atoms with Crippen molar-refractivity contribution >= 4 is 38.9 Å². The molecule has 1 heterocycles. The quantitative estimate of drug-likeness (QED) is 0.539. The number of thiophene rings is 1. The molecule has 30 heavy (non-hydrogen) atoms. The SMILES string of the molecule is COC(=O)c1sccc1S(=O)(=O)N(CC(=O)NCc1ccccc1)c1ccccc1. The van der Waals surface area contributed by atoms with Gasteiger partial charge in [0.2, 0.25) is 5.91 Å². The third kappa shape index (κ3) is 4.87. The van der Waals surface area contributed by atoms with Crippen molar-refractivity contribution in [3.63, 3.8) is 0 Å². The maximum Gasteiger partial charge on any atom is 0.349 e. The van der Waals surface area contributed by atoms with Gasteiger partial charge >= 0.3 is 5.97 Å². The highest BCUT2D eigenvalue weighted by molar-refractivity contribution is 7.93. The Morgan fingerprint density at radius 2 is 1.63 bits per heavy atom. The number of nitrogens with one attached hydrogen (secondary N) is 1. The van der Waals surface area contributed by atoms with Gasteiger partial charge in [0.05, 0.1) is 12.8 Å². The van der Waals surface area contributed by atoms with Gasteiger partial charge in [-0.2, -0.15) is 0 Å². The first-order valence-electron chi connectivity index (χ1n) is 8.97. The van der Waals surface area contributed by atoms with Crippen molar-refractivity contribution in [2.24, 2.45) is 0 Å². The first-order chi connectivity index (χ1) is 14.4. The van der Waals surface area contributed by atoms with Crippen molar-refractivity contribution in [2.45, 2.75) is 11.4 Å². The predicted molar refractivity (Wildman–Crippen MR) is 115 cm³/mol. The molecule has 2 aromatic carbocycles. The van der Waals surface area contributed by atoms with Crippen LogP contribution in [0.2, 0.25) is 0 Å². The van der Waals surface area contributed by atoms with Crippen LogP contribution in [0.4, 0.5) is 5.69 Å². The Labute approximate surface area is 179 Å². The van der Waals surface area contributed by atoms with Gasteiger partial charge in [-0.15, -0.1) is 11.3 Å². The van der Waals surface area contributed by atoms with Crippen LogP contribution in [0.25, 0.3) is 0 Å². The molecule has 156 valence electrons. The molecule has 0 bridgehead atoms. The van der Waals surface area contributed by atoms with Gasteiger partial charge in [-0.3, -0.25) is 9.10 Å². The second kappa shape index (κ2) is 9.55. The van der Waals surface area contributed by atoms with E-state index >= 15 is 0 Å². The van der Waals surface area contributed by atoms with Crippen LogP contribution in [-0.2, 0) is 26.1 Å². The average Bonchev–Trinajstić information content (AvgIpc) is 3.28. The standard InChI is InChI=1S/C21H20N2O5S2/c1-28-21(25)20-18(12-13-29-20)30(26,27)23(17-10-6-3-7-11-17)15-19(24)22-14-16-8-4-2-5-9-16/h2-13H,14-15H2,1H3,(H,22,24). The van der Waals surface area contributed by atoms with Crippen molar-refractivity contribution in [1.29, 1.82) is 0 Å². The number of benzene rings is 2. The Morgan fingerprint density at radius 1 is 1.00 bits per heavy atom. The molecule has 9 heteroatoms. The van der Waals surface area contributed by atoms with Gasteiger partial charge in [0.15, 0.2) is 0 Å². The highest BCUT2D eigenvalue weighted by atomic mass is 32.2. The minimum atomic E-state index is -4.19. The van der Waals surface area contributed by atoms with Crippen LogP contribution in [0.1, 0.15) is 15.2 Å². The number of carbonyl (C=O) groups excluding carboxylic acids is 2. The van der Waals surface area contributed by atoms with E-state index in [2.05, 4.69) is 5.32 Å². The molecule has 0 radical (unpaired) electrons. The largest absolute Gasteiger partial charge is 0.465 e. The Hall–Kier alpha value is -3.17. The van der Waals surface area contributed by atoms with E-state index in [1.807, 2.05) is 30.3 Å². The van der Waals surface area contributed by atoms with Gasteiger partial charge in [0, 0.05) is 6.54 Å². The molecule has 0 aliphatic rings. The average molecular weight is 445 g/mol. The molecule has 0 unspecified atom stereocenters. The summed E-state index contributed by atoms with van der Waals surface area (Å²) in [6.07, 6.45) is 0. The molecule has 0 atom stereocenters. The third-order valence-corrected chi connectivity index (χ3v) is 7.07. The van der Waals surface area contributed by atoms with Crippen molar-refractivity contribution in [3.05, 3.63) is 82.6 Å². The van der Waals surface area contributed by atoms with Crippen molar-refractivity contribution < 1.29 is 22.7 Å². The van der Waals surface area contributed by atoms with Gasteiger partial charge in [0.25, 0.3) is 10.0 Å². The molecule has 0 aliphatic carbocycles. The number of hydrogen-bond acceptors (Lipinski definition) is 6. The number of sulfonamides is 1. The van der Waals surface area contributed by atoms with Crippen LogP contribution in [-0.4, -0.2) is 33.9 Å². The molecular formula is C21H20N2O5S2. The smallest absolute Gasteiger partial charge is 0.349 e. The maximum atomic E-state index is 13.4. The van der Waals surface area contributed by atoms with E-state index in [1.165, 1.54) is 18.6 Å². The second-order valence-electron chi connectivity index (χ2n) is 6.22. The lowest BCUT2D eigenvalue weighted by Gasteiger charge is -2.24. The minimum absolute atomic E-state index is 0.0388. The second-order valence-corrected chi connectivity index (χ2v) is 8.96. The van der Waals surface area contributed by atoms with Gasteiger partial charge in [-0.25, -0.2) is 13.2 Å². The van der Waals surface area contributed by atoms with Crippen molar-refractivity contribution in [1.82, 2.24) is 5.32 Å². The number of para-hydroxylation sites is 1. The highest BCUT2D eigenvalue weighted by Crippen LogP contribution is 2.29. The van der Waals surface area contributed by atoms with Crippen molar-refractivity contribution in [3.8, 4) is 0 Å². The number of hydrogen-bond donors (Lipinski definition) is 1. The van der Waals surface area contributed by atoms with Crippen LogP contribution in [0.3, 0.4) is 0 Å². The van der Waals surface area contributed by atoms with Crippen LogP contribution in [0.15, 0.2) is 77.0 Å². The Balaban J connectivity index is 1.89. The number of anilines is 1. The summed E-state index contributed by atoms with van der Waals surface area (Å²) in [6, 6.07) is 18.9. The Kier molecular flexibility index (Phi) is 6.86. The summed E-state index contributed by atoms with van der Waals surface area (Å²) < 4.78 is 32.5. The molecule has 1 amide bonds. The topological polar surface area (TPSA) is 92.8 Å². The lowest BCUT2D eigenvalue weighted by molar-refractivity contribution is -0.119. The van der Waals surface area contributed by atoms with E-state index in [-0.39, 0.29) is 16.3 Å². The predicted octanol–water partition coefficient (Wildman–Crippen LogP) is 3.05. The van der Waals surface area contributed by atoms with Gasteiger partial charge in [0.1, 0.15) is 16.3 Å². The zero-order valence-electron chi connectivity index (χ0n) is 16.1. The lowest BCUT2D eigenvalue weighted by Crippen LogP contribution is -2.41. The van der Waals surface area contributed by atoms with E-state index < -0.39 is 28.4 Å². The highest BCUT2D eigenvalue weighted by Gasteiger charge is 2.32. The molecular weight excluding hydrogens is 424 g/mol. The fourth-order valence-corrected chi connectivity index (χ4v) is 5.48. The van der Waals surface area contributed by atoms with E-state index in [9.17, 15) is 18.0 Å². The van der Waals surface area contributed by atoms with E-state index in [0.717, 1.165) is 21.2 Å². The van der Waals surface area contributed by atoms with Crippen LogP contribution in [0.5, 0.6) is 0 Å². The fraction of sp³-hybridized carbons (Fsp3) is 0.143. The van der Waals surface area contributed by atoms with Crippen LogP contribution in [0, 0.1) is 0 Å². The summed E-state index contributed by atoms with van der Waals surface area (Å²) in [4.78, 5) is 24.4.